The summed E-state index contributed by atoms with van der Waals surface area (Å²) in [4.78, 5) is 12.4. The van der Waals surface area contributed by atoms with E-state index >= 15 is 0 Å². The van der Waals surface area contributed by atoms with E-state index < -0.39 is 0 Å². The monoisotopic (exact) mass is 353 g/mol. The summed E-state index contributed by atoms with van der Waals surface area (Å²) in [5, 5.41) is 10.4. The highest BCUT2D eigenvalue weighted by molar-refractivity contribution is 6.30. The number of aromatic amines is 1. The van der Waals surface area contributed by atoms with Crippen LogP contribution in [0.3, 0.4) is 0 Å². The quantitative estimate of drug-likeness (QED) is 0.675. The Kier molecular flexibility index (Phi) is 4.91. The van der Waals surface area contributed by atoms with E-state index in [0.717, 1.165) is 22.4 Å². The molecule has 0 fully saturated rings. The van der Waals surface area contributed by atoms with Gasteiger partial charge in [0.2, 0.25) is 5.91 Å². The molecule has 5 heteroatoms. The van der Waals surface area contributed by atoms with Gasteiger partial charge in [-0.2, -0.15) is 5.10 Å². The first kappa shape index (κ1) is 17.2. The van der Waals surface area contributed by atoms with Gasteiger partial charge >= 0.3 is 0 Å². The molecule has 2 aromatic carbocycles. The van der Waals surface area contributed by atoms with E-state index in [9.17, 15) is 4.79 Å². The zero-order valence-electron chi connectivity index (χ0n) is 14.2. The SMILES string of the molecule is CC(C)(CC(=O)Nc1ccc(-c2cn[nH]c2)cc1)c1ccc(Cl)cc1. The largest absolute Gasteiger partial charge is 0.326 e. The fourth-order valence-electron chi connectivity index (χ4n) is 2.76. The van der Waals surface area contributed by atoms with Gasteiger partial charge in [-0.3, -0.25) is 9.89 Å². The zero-order valence-corrected chi connectivity index (χ0v) is 15.0. The first-order valence-electron chi connectivity index (χ1n) is 8.09. The third-order valence-electron chi connectivity index (χ3n) is 4.23. The molecule has 0 aliphatic carbocycles. The third-order valence-corrected chi connectivity index (χ3v) is 4.48. The number of nitrogens with zero attached hydrogens (tertiary/aromatic N) is 1. The Morgan fingerprint density at radius 3 is 2.36 bits per heavy atom. The molecule has 3 rings (SSSR count). The van der Waals surface area contributed by atoms with E-state index in [4.69, 9.17) is 11.6 Å². The van der Waals surface area contributed by atoms with E-state index in [1.54, 1.807) is 6.20 Å². The number of hydrogen-bond acceptors (Lipinski definition) is 2. The van der Waals surface area contributed by atoms with E-state index in [0.29, 0.717) is 11.4 Å². The van der Waals surface area contributed by atoms with E-state index in [1.165, 1.54) is 0 Å². The van der Waals surface area contributed by atoms with Gasteiger partial charge in [-0.25, -0.2) is 0 Å². The maximum atomic E-state index is 12.4. The number of nitrogens with one attached hydrogen (secondary N) is 2. The summed E-state index contributed by atoms with van der Waals surface area (Å²) in [7, 11) is 0. The maximum absolute atomic E-state index is 12.4. The number of carbonyl (C=O) groups is 1. The molecule has 2 N–H and O–H groups in total. The summed E-state index contributed by atoms with van der Waals surface area (Å²) in [5.41, 5.74) is 3.66. The average Bonchev–Trinajstić information content (AvgIpc) is 3.10. The third kappa shape index (κ3) is 4.28. The summed E-state index contributed by atoms with van der Waals surface area (Å²) < 4.78 is 0. The molecule has 1 aromatic heterocycles. The van der Waals surface area contributed by atoms with Crippen LogP contribution in [0.1, 0.15) is 25.8 Å². The van der Waals surface area contributed by atoms with Crippen molar-refractivity contribution in [3.63, 3.8) is 0 Å². The minimum atomic E-state index is -0.272. The van der Waals surface area contributed by atoms with Crippen molar-refractivity contribution < 1.29 is 4.79 Å². The van der Waals surface area contributed by atoms with Gasteiger partial charge in [0.1, 0.15) is 0 Å². The lowest BCUT2D eigenvalue weighted by Crippen LogP contribution is -2.25. The molecule has 0 aliphatic heterocycles. The molecule has 0 atom stereocenters. The van der Waals surface area contributed by atoms with Crippen LogP contribution >= 0.6 is 11.6 Å². The van der Waals surface area contributed by atoms with Crippen LogP contribution in [0.15, 0.2) is 60.9 Å². The lowest BCUT2D eigenvalue weighted by atomic mass is 9.81. The molecule has 0 unspecified atom stereocenters. The standard InChI is InChI=1S/C20H20ClN3O/c1-20(2,16-5-7-17(21)8-6-16)11-19(25)24-18-9-3-14(4-10-18)15-12-22-23-13-15/h3-10,12-13H,11H2,1-2H3,(H,22,23)(H,24,25). The Morgan fingerprint density at radius 1 is 1.08 bits per heavy atom. The summed E-state index contributed by atoms with van der Waals surface area (Å²) >= 11 is 5.94. The van der Waals surface area contributed by atoms with Crippen molar-refractivity contribution in [3.8, 4) is 11.1 Å². The van der Waals surface area contributed by atoms with Crippen molar-refractivity contribution in [3.05, 3.63) is 71.5 Å². The van der Waals surface area contributed by atoms with Gasteiger partial charge in [0.25, 0.3) is 0 Å². The number of anilines is 1. The van der Waals surface area contributed by atoms with Gasteiger partial charge in [0.05, 0.1) is 6.20 Å². The second kappa shape index (κ2) is 7.11. The first-order chi connectivity index (χ1) is 11.9. The highest BCUT2D eigenvalue weighted by Gasteiger charge is 2.24. The van der Waals surface area contributed by atoms with Crippen molar-refractivity contribution in [2.75, 3.05) is 5.32 Å². The number of rotatable bonds is 5. The van der Waals surface area contributed by atoms with Crippen LogP contribution in [0.25, 0.3) is 11.1 Å². The Bertz CT molecular complexity index is 838. The highest BCUT2D eigenvalue weighted by Crippen LogP contribution is 2.29. The second-order valence-electron chi connectivity index (χ2n) is 6.68. The molecule has 3 aromatic rings. The molecular weight excluding hydrogens is 334 g/mol. The van der Waals surface area contributed by atoms with E-state index in [1.807, 2.05) is 54.7 Å². The van der Waals surface area contributed by atoms with E-state index in [-0.39, 0.29) is 11.3 Å². The summed E-state index contributed by atoms with van der Waals surface area (Å²) in [6.07, 6.45) is 3.99. The molecule has 0 bridgehead atoms. The molecule has 1 heterocycles. The Labute approximate surface area is 152 Å². The second-order valence-corrected chi connectivity index (χ2v) is 7.12. The van der Waals surface area contributed by atoms with Crippen molar-refractivity contribution in [1.29, 1.82) is 0 Å². The molecule has 128 valence electrons. The van der Waals surface area contributed by atoms with Crippen molar-refractivity contribution >= 4 is 23.2 Å². The fraction of sp³-hybridized carbons (Fsp3) is 0.200. The van der Waals surface area contributed by atoms with Crippen molar-refractivity contribution in [2.45, 2.75) is 25.7 Å². The van der Waals surface area contributed by atoms with Crippen molar-refractivity contribution in [2.24, 2.45) is 0 Å². The number of benzene rings is 2. The van der Waals surface area contributed by atoms with Crippen LogP contribution in [0.4, 0.5) is 5.69 Å². The van der Waals surface area contributed by atoms with Gasteiger partial charge in [0, 0.05) is 28.9 Å². The number of hydrogen-bond donors (Lipinski definition) is 2. The van der Waals surface area contributed by atoms with E-state index in [2.05, 4.69) is 29.4 Å². The molecule has 0 aliphatic rings. The molecular formula is C20H20ClN3O. The average molecular weight is 354 g/mol. The molecule has 0 saturated heterocycles. The molecule has 0 spiro atoms. The predicted octanol–water partition coefficient (Wildman–Crippen LogP) is 5.04. The Balaban J connectivity index is 1.64. The molecule has 0 saturated carbocycles. The maximum Gasteiger partial charge on any atom is 0.225 e. The van der Waals surface area contributed by atoms with Crippen LogP contribution < -0.4 is 5.32 Å². The zero-order chi connectivity index (χ0) is 17.9. The first-order valence-corrected chi connectivity index (χ1v) is 8.47. The van der Waals surface area contributed by atoms with Gasteiger partial charge in [0.15, 0.2) is 0 Å². The number of halogens is 1. The van der Waals surface area contributed by atoms with Gasteiger partial charge in [-0.1, -0.05) is 49.7 Å². The predicted molar refractivity (Wildman–Crippen MR) is 102 cm³/mol. The Morgan fingerprint density at radius 2 is 1.76 bits per heavy atom. The van der Waals surface area contributed by atoms with Crippen molar-refractivity contribution in [1.82, 2.24) is 10.2 Å². The fourth-order valence-corrected chi connectivity index (χ4v) is 2.89. The summed E-state index contributed by atoms with van der Waals surface area (Å²) in [6, 6.07) is 15.4. The molecule has 25 heavy (non-hydrogen) atoms. The number of aromatic nitrogens is 2. The van der Waals surface area contributed by atoms with Crippen LogP contribution in [0.5, 0.6) is 0 Å². The molecule has 0 radical (unpaired) electrons. The van der Waals surface area contributed by atoms with Crippen LogP contribution in [0.2, 0.25) is 5.02 Å². The lowest BCUT2D eigenvalue weighted by Gasteiger charge is -2.24. The number of amides is 1. The van der Waals surface area contributed by atoms with Gasteiger partial charge in [-0.05, 0) is 40.8 Å². The normalized spacial score (nSPS) is 11.3. The van der Waals surface area contributed by atoms with Crippen LogP contribution in [0, 0.1) is 0 Å². The highest BCUT2D eigenvalue weighted by atomic mass is 35.5. The Hall–Kier alpha value is -2.59. The number of H-pyrrole nitrogens is 1. The summed E-state index contributed by atoms with van der Waals surface area (Å²) in [5.74, 6) is -0.0176. The molecule has 4 nitrogen and oxygen atoms in total. The minimum absolute atomic E-state index is 0.0176. The topological polar surface area (TPSA) is 57.8 Å². The van der Waals surface area contributed by atoms with Gasteiger partial charge in [-0.15, -0.1) is 0 Å². The minimum Gasteiger partial charge on any atom is -0.326 e. The lowest BCUT2D eigenvalue weighted by molar-refractivity contribution is -0.117. The molecule has 1 amide bonds. The number of carbonyl (C=O) groups excluding carboxylic acids is 1. The van der Waals surface area contributed by atoms with Gasteiger partial charge < -0.3 is 5.32 Å². The van der Waals surface area contributed by atoms with Crippen LogP contribution in [-0.2, 0) is 10.2 Å². The summed E-state index contributed by atoms with van der Waals surface area (Å²) in [6.45, 7) is 4.11. The smallest absolute Gasteiger partial charge is 0.225 e. The van der Waals surface area contributed by atoms with Crippen LogP contribution in [-0.4, -0.2) is 16.1 Å².